The topological polar surface area (TPSA) is 72.2 Å². The Bertz CT molecular complexity index is 725. The van der Waals surface area contributed by atoms with Gasteiger partial charge in [-0.3, -0.25) is 14.9 Å². The molecule has 0 unspecified atom stereocenters. The van der Waals surface area contributed by atoms with E-state index < -0.39 is 4.92 Å². The Labute approximate surface area is 138 Å². The number of carbonyl (C=O) groups excluding carboxylic acids is 1. The highest BCUT2D eigenvalue weighted by Gasteiger charge is 2.33. The van der Waals surface area contributed by atoms with Crippen LogP contribution < -0.4 is 5.32 Å². The highest BCUT2D eigenvalue weighted by atomic mass is 35.5. The minimum atomic E-state index is -0.484. The number of rotatable bonds is 5. The Kier molecular flexibility index (Phi) is 4.30. The molecule has 0 bridgehead atoms. The summed E-state index contributed by atoms with van der Waals surface area (Å²) in [5.74, 6) is 0.199. The van der Waals surface area contributed by atoms with E-state index in [1.54, 1.807) is 0 Å². The molecule has 1 atom stereocenters. The Morgan fingerprint density at radius 3 is 2.26 bits per heavy atom. The van der Waals surface area contributed by atoms with Crippen molar-refractivity contribution >= 4 is 23.2 Å². The third kappa shape index (κ3) is 3.68. The zero-order chi connectivity index (χ0) is 16.4. The number of nitrogens with one attached hydrogen (secondary N) is 1. The summed E-state index contributed by atoms with van der Waals surface area (Å²) in [6, 6.07) is 13.0. The molecule has 1 aliphatic carbocycles. The van der Waals surface area contributed by atoms with Crippen LogP contribution in [0.2, 0.25) is 5.02 Å². The lowest BCUT2D eigenvalue weighted by atomic mass is 10.0. The van der Waals surface area contributed by atoms with Gasteiger partial charge in [0.2, 0.25) is 0 Å². The summed E-state index contributed by atoms with van der Waals surface area (Å²) >= 11 is 5.91. The van der Waals surface area contributed by atoms with E-state index in [1.807, 2.05) is 24.3 Å². The van der Waals surface area contributed by atoms with Crippen LogP contribution in [0.15, 0.2) is 48.5 Å². The molecule has 2 aromatic carbocycles. The van der Waals surface area contributed by atoms with Gasteiger partial charge in [-0.25, -0.2) is 0 Å². The van der Waals surface area contributed by atoms with Crippen LogP contribution in [0.1, 0.15) is 34.8 Å². The van der Waals surface area contributed by atoms with Crippen molar-refractivity contribution in [3.8, 4) is 0 Å². The summed E-state index contributed by atoms with van der Waals surface area (Å²) in [6.45, 7) is 0. The third-order valence-electron chi connectivity index (χ3n) is 3.95. The zero-order valence-electron chi connectivity index (χ0n) is 12.2. The molecule has 0 heterocycles. The SMILES string of the molecule is O=C(N[C@@H](c1ccc(Cl)cc1)C1CC1)c1ccc([N+](=O)[O-])cc1. The van der Waals surface area contributed by atoms with E-state index in [0.717, 1.165) is 18.4 Å². The van der Waals surface area contributed by atoms with Crippen molar-refractivity contribution < 1.29 is 9.72 Å². The Balaban J connectivity index is 1.76. The van der Waals surface area contributed by atoms with Crippen LogP contribution in [0.5, 0.6) is 0 Å². The van der Waals surface area contributed by atoms with Crippen LogP contribution >= 0.6 is 11.6 Å². The number of nitro benzene ring substituents is 1. The van der Waals surface area contributed by atoms with E-state index in [9.17, 15) is 14.9 Å². The molecule has 0 saturated heterocycles. The molecule has 3 rings (SSSR count). The summed E-state index contributed by atoms with van der Waals surface area (Å²) in [6.07, 6.45) is 2.15. The van der Waals surface area contributed by atoms with Crippen molar-refractivity contribution in [2.75, 3.05) is 0 Å². The van der Waals surface area contributed by atoms with Crippen LogP contribution in [-0.4, -0.2) is 10.8 Å². The quantitative estimate of drug-likeness (QED) is 0.661. The molecule has 118 valence electrons. The minimum absolute atomic E-state index is 0.0296. The number of hydrogen-bond acceptors (Lipinski definition) is 3. The molecule has 0 aromatic heterocycles. The van der Waals surface area contributed by atoms with Gasteiger partial charge in [-0.15, -0.1) is 0 Å². The van der Waals surface area contributed by atoms with Crippen molar-refractivity contribution in [1.29, 1.82) is 0 Å². The molecule has 2 aromatic rings. The fraction of sp³-hybridized carbons (Fsp3) is 0.235. The Hall–Kier alpha value is -2.40. The average Bonchev–Trinajstić information content (AvgIpc) is 3.38. The smallest absolute Gasteiger partial charge is 0.269 e. The van der Waals surface area contributed by atoms with Crippen molar-refractivity contribution in [2.45, 2.75) is 18.9 Å². The first kappa shape index (κ1) is 15.5. The van der Waals surface area contributed by atoms with E-state index in [0.29, 0.717) is 16.5 Å². The number of amides is 1. The first-order valence-electron chi connectivity index (χ1n) is 7.35. The Morgan fingerprint density at radius 2 is 1.74 bits per heavy atom. The van der Waals surface area contributed by atoms with Gasteiger partial charge < -0.3 is 5.32 Å². The van der Waals surface area contributed by atoms with Gasteiger partial charge in [-0.05, 0) is 48.6 Å². The van der Waals surface area contributed by atoms with Crippen molar-refractivity contribution in [2.24, 2.45) is 5.92 Å². The van der Waals surface area contributed by atoms with E-state index in [2.05, 4.69) is 5.32 Å². The van der Waals surface area contributed by atoms with E-state index in [-0.39, 0.29) is 17.6 Å². The number of non-ortho nitro benzene ring substituents is 1. The average molecular weight is 331 g/mol. The Morgan fingerprint density at radius 1 is 1.13 bits per heavy atom. The van der Waals surface area contributed by atoms with Gasteiger partial charge in [0, 0.05) is 22.7 Å². The van der Waals surface area contributed by atoms with Gasteiger partial charge >= 0.3 is 0 Å². The second-order valence-corrected chi connectivity index (χ2v) is 6.08. The van der Waals surface area contributed by atoms with E-state index in [4.69, 9.17) is 11.6 Å². The van der Waals surface area contributed by atoms with Gasteiger partial charge in [0.05, 0.1) is 11.0 Å². The molecular formula is C17H15ClN2O3. The second-order valence-electron chi connectivity index (χ2n) is 5.64. The minimum Gasteiger partial charge on any atom is -0.345 e. The van der Waals surface area contributed by atoms with Crippen LogP contribution in [-0.2, 0) is 0 Å². The number of carbonyl (C=O) groups is 1. The van der Waals surface area contributed by atoms with E-state index in [1.165, 1.54) is 24.3 Å². The highest BCUT2D eigenvalue weighted by Crippen LogP contribution is 2.41. The maximum absolute atomic E-state index is 12.4. The number of nitrogens with zero attached hydrogens (tertiary/aromatic N) is 1. The first-order chi connectivity index (χ1) is 11.0. The maximum atomic E-state index is 12.4. The molecule has 5 nitrogen and oxygen atoms in total. The molecule has 0 spiro atoms. The number of benzene rings is 2. The van der Waals surface area contributed by atoms with Crippen molar-refractivity contribution in [1.82, 2.24) is 5.32 Å². The van der Waals surface area contributed by atoms with Crippen molar-refractivity contribution in [3.05, 3.63) is 74.8 Å². The molecular weight excluding hydrogens is 316 g/mol. The van der Waals surface area contributed by atoms with Gasteiger partial charge in [-0.1, -0.05) is 23.7 Å². The zero-order valence-corrected chi connectivity index (χ0v) is 13.0. The van der Waals surface area contributed by atoms with Crippen LogP contribution in [0, 0.1) is 16.0 Å². The number of halogens is 1. The standard InChI is InChI=1S/C17H15ClN2O3/c18-14-7-3-12(4-8-14)16(11-1-2-11)19-17(21)13-5-9-15(10-6-13)20(22)23/h3-11,16H,1-2H2,(H,19,21)/t16-/m1/s1. The van der Waals surface area contributed by atoms with E-state index >= 15 is 0 Å². The van der Waals surface area contributed by atoms with Crippen molar-refractivity contribution in [3.63, 3.8) is 0 Å². The monoisotopic (exact) mass is 330 g/mol. The largest absolute Gasteiger partial charge is 0.345 e. The van der Waals surface area contributed by atoms with Gasteiger partial charge in [0.15, 0.2) is 0 Å². The second kappa shape index (κ2) is 6.38. The van der Waals surface area contributed by atoms with Gasteiger partial charge in [-0.2, -0.15) is 0 Å². The molecule has 0 aliphatic heterocycles. The predicted octanol–water partition coefficient (Wildman–Crippen LogP) is 4.13. The summed E-state index contributed by atoms with van der Waals surface area (Å²) < 4.78 is 0. The molecule has 1 saturated carbocycles. The lowest BCUT2D eigenvalue weighted by molar-refractivity contribution is -0.384. The fourth-order valence-corrected chi connectivity index (χ4v) is 2.66. The molecule has 1 aliphatic rings. The number of hydrogen-bond donors (Lipinski definition) is 1. The summed E-state index contributed by atoms with van der Waals surface area (Å²) in [5, 5.41) is 14.3. The van der Waals surface area contributed by atoms with Crippen LogP contribution in [0.25, 0.3) is 0 Å². The molecule has 23 heavy (non-hydrogen) atoms. The molecule has 1 N–H and O–H groups in total. The number of nitro groups is 1. The van der Waals surface area contributed by atoms with Crippen LogP contribution in [0.4, 0.5) is 5.69 Å². The summed E-state index contributed by atoms with van der Waals surface area (Å²) in [5.41, 5.74) is 1.40. The molecule has 1 fully saturated rings. The summed E-state index contributed by atoms with van der Waals surface area (Å²) in [4.78, 5) is 22.6. The highest BCUT2D eigenvalue weighted by molar-refractivity contribution is 6.30. The fourth-order valence-electron chi connectivity index (χ4n) is 2.53. The first-order valence-corrected chi connectivity index (χ1v) is 7.73. The normalized spacial score (nSPS) is 15.0. The lowest BCUT2D eigenvalue weighted by Crippen LogP contribution is -2.29. The lowest BCUT2D eigenvalue weighted by Gasteiger charge is -2.19. The maximum Gasteiger partial charge on any atom is 0.269 e. The van der Waals surface area contributed by atoms with Gasteiger partial charge in [0.1, 0.15) is 0 Å². The molecule has 0 radical (unpaired) electrons. The summed E-state index contributed by atoms with van der Waals surface area (Å²) in [7, 11) is 0. The molecule has 6 heteroatoms. The molecule has 1 amide bonds. The third-order valence-corrected chi connectivity index (χ3v) is 4.20. The van der Waals surface area contributed by atoms with Gasteiger partial charge in [0.25, 0.3) is 11.6 Å². The predicted molar refractivity (Wildman–Crippen MR) is 87.5 cm³/mol. The van der Waals surface area contributed by atoms with Crippen LogP contribution in [0.3, 0.4) is 0 Å².